The fraction of sp³-hybridized carbons (Fsp3) is 0.429. The quantitative estimate of drug-likeness (QED) is 0.681. The van der Waals surface area contributed by atoms with Crippen molar-refractivity contribution in [1.82, 2.24) is 5.32 Å². The highest BCUT2D eigenvalue weighted by Gasteiger charge is 2.18. The van der Waals surface area contributed by atoms with Crippen molar-refractivity contribution < 1.29 is 24.5 Å². The summed E-state index contributed by atoms with van der Waals surface area (Å²) >= 11 is 0. The van der Waals surface area contributed by atoms with Crippen LogP contribution in [0.3, 0.4) is 0 Å². The number of carboxylic acid groups (broad SMARTS) is 1. The number of ether oxygens (including phenoxy) is 1. The summed E-state index contributed by atoms with van der Waals surface area (Å²) in [7, 11) is 0. The minimum absolute atomic E-state index is 0.0250. The van der Waals surface area contributed by atoms with E-state index in [2.05, 4.69) is 5.32 Å². The highest BCUT2D eigenvalue weighted by Crippen LogP contribution is 2.19. The zero-order chi connectivity index (χ0) is 15.1. The standard InChI is InChI=1S/C14H19NO5/c1-9-3-4-10(2)12(7-9)20-6-5-13(17)15-11(8-16)14(18)19/h3-4,7,11,16H,5-6,8H2,1-2H3,(H,15,17)(H,18,19)/t11-/m0/s1. The van der Waals surface area contributed by atoms with Gasteiger partial charge in [0.25, 0.3) is 0 Å². The van der Waals surface area contributed by atoms with E-state index in [-0.39, 0.29) is 13.0 Å². The topological polar surface area (TPSA) is 95.9 Å². The molecule has 1 aromatic carbocycles. The first-order valence-electron chi connectivity index (χ1n) is 6.27. The van der Waals surface area contributed by atoms with Crippen LogP contribution in [0.4, 0.5) is 0 Å². The molecule has 0 heterocycles. The van der Waals surface area contributed by atoms with Crippen LogP contribution >= 0.6 is 0 Å². The number of rotatable bonds is 7. The SMILES string of the molecule is Cc1ccc(C)c(OCCC(=O)N[C@@H](CO)C(=O)O)c1. The van der Waals surface area contributed by atoms with E-state index >= 15 is 0 Å². The molecule has 6 nitrogen and oxygen atoms in total. The van der Waals surface area contributed by atoms with Gasteiger partial charge in [0.2, 0.25) is 5.91 Å². The molecule has 3 N–H and O–H groups in total. The number of benzene rings is 1. The highest BCUT2D eigenvalue weighted by atomic mass is 16.5. The van der Waals surface area contributed by atoms with Gasteiger partial charge in [-0.3, -0.25) is 4.79 Å². The number of amides is 1. The lowest BCUT2D eigenvalue weighted by atomic mass is 10.1. The van der Waals surface area contributed by atoms with Gasteiger partial charge in [0.05, 0.1) is 19.6 Å². The third-order valence-electron chi connectivity index (χ3n) is 2.75. The Bertz CT molecular complexity index is 486. The van der Waals surface area contributed by atoms with Crippen LogP contribution in [0.1, 0.15) is 17.5 Å². The Labute approximate surface area is 117 Å². The van der Waals surface area contributed by atoms with Gasteiger partial charge in [0.15, 0.2) is 0 Å². The molecule has 110 valence electrons. The molecule has 0 unspecified atom stereocenters. The van der Waals surface area contributed by atoms with Crippen molar-refractivity contribution in [2.45, 2.75) is 26.3 Å². The Morgan fingerprint density at radius 1 is 1.35 bits per heavy atom. The number of nitrogens with one attached hydrogen (secondary N) is 1. The van der Waals surface area contributed by atoms with Crippen molar-refractivity contribution in [2.24, 2.45) is 0 Å². The van der Waals surface area contributed by atoms with Crippen molar-refractivity contribution >= 4 is 11.9 Å². The largest absolute Gasteiger partial charge is 0.493 e. The van der Waals surface area contributed by atoms with Gasteiger partial charge in [0.1, 0.15) is 11.8 Å². The van der Waals surface area contributed by atoms with E-state index in [0.29, 0.717) is 5.75 Å². The Balaban J connectivity index is 2.42. The molecule has 0 radical (unpaired) electrons. The zero-order valence-corrected chi connectivity index (χ0v) is 11.5. The molecule has 0 aliphatic carbocycles. The predicted molar refractivity (Wildman–Crippen MR) is 72.7 cm³/mol. The number of aryl methyl sites for hydroxylation is 2. The van der Waals surface area contributed by atoms with E-state index in [0.717, 1.165) is 11.1 Å². The molecule has 0 aliphatic rings. The Kier molecular flexibility index (Phi) is 5.99. The number of hydrogen-bond donors (Lipinski definition) is 3. The minimum Gasteiger partial charge on any atom is -0.493 e. The molecular weight excluding hydrogens is 262 g/mol. The number of carbonyl (C=O) groups excluding carboxylic acids is 1. The molecule has 1 amide bonds. The molecule has 1 rings (SSSR count). The molecule has 0 fully saturated rings. The lowest BCUT2D eigenvalue weighted by Gasteiger charge is -2.13. The summed E-state index contributed by atoms with van der Waals surface area (Å²) in [5.41, 5.74) is 2.02. The molecule has 1 aromatic rings. The Morgan fingerprint density at radius 3 is 2.65 bits per heavy atom. The number of aliphatic carboxylic acids is 1. The molecule has 1 atom stereocenters. The predicted octanol–water partition coefficient (Wildman–Crippen LogP) is 0.634. The molecule has 20 heavy (non-hydrogen) atoms. The van der Waals surface area contributed by atoms with Crippen molar-refractivity contribution in [3.8, 4) is 5.75 Å². The Morgan fingerprint density at radius 2 is 2.05 bits per heavy atom. The second-order valence-corrected chi connectivity index (χ2v) is 4.51. The van der Waals surface area contributed by atoms with Gasteiger partial charge in [-0.1, -0.05) is 12.1 Å². The molecule has 6 heteroatoms. The highest BCUT2D eigenvalue weighted by molar-refractivity contribution is 5.83. The summed E-state index contributed by atoms with van der Waals surface area (Å²) in [5, 5.41) is 19.7. The molecule has 0 saturated heterocycles. The zero-order valence-electron chi connectivity index (χ0n) is 11.5. The number of aliphatic hydroxyl groups excluding tert-OH is 1. The molecule has 0 saturated carbocycles. The third kappa shape index (κ3) is 4.89. The average molecular weight is 281 g/mol. The monoisotopic (exact) mass is 281 g/mol. The summed E-state index contributed by atoms with van der Waals surface area (Å²) in [6, 6.07) is 4.49. The van der Waals surface area contributed by atoms with Crippen LogP contribution in [0, 0.1) is 13.8 Å². The average Bonchev–Trinajstić information content (AvgIpc) is 2.39. The van der Waals surface area contributed by atoms with E-state index in [4.69, 9.17) is 14.9 Å². The van der Waals surface area contributed by atoms with Crippen molar-refractivity contribution in [2.75, 3.05) is 13.2 Å². The van der Waals surface area contributed by atoms with E-state index in [1.807, 2.05) is 32.0 Å². The smallest absolute Gasteiger partial charge is 0.328 e. The molecular formula is C14H19NO5. The van der Waals surface area contributed by atoms with Crippen LogP contribution < -0.4 is 10.1 Å². The lowest BCUT2D eigenvalue weighted by Crippen LogP contribution is -2.43. The van der Waals surface area contributed by atoms with Crippen molar-refractivity contribution in [3.05, 3.63) is 29.3 Å². The van der Waals surface area contributed by atoms with Crippen LogP contribution in [0.5, 0.6) is 5.75 Å². The third-order valence-corrected chi connectivity index (χ3v) is 2.75. The van der Waals surface area contributed by atoms with Gasteiger partial charge in [-0.25, -0.2) is 4.79 Å². The molecule has 0 aromatic heterocycles. The number of carbonyl (C=O) groups is 2. The van der Waals surface area contributed by atoms with E-state index in [9.17, 15) is 9.59 Å². The van der Waals surface area contributed by atoms with E-state index < -0.39 is 24.5 Å². The first-order chi connectivity index (χ1) is 9.43. The van der Waals surface area contributed by atoms with Crippen molar-refractivity contribution in [3.63, 3.8) is 0 Å². The number of hydrogen-bond acceptors (Lipinski definition) is 4. The van der Waals surface area contributed by atoms with Crippen LogP contribution in [0.15, 0.2) is 18.2 Å². The van der Waals surface area contributed by atoms with E-state index in [1.165, 1.54) is 0 Å². The molecule has 0 spiro atoms. The maximum absolute atomic E-state index is 11.5. The number of aliphatic hydroxyl groups is 1. The van der Waals surface area contributed by atoms with Gasteiger partial charge in [0, 0.05) is 0 Å². The summed E-state index contributed by atoms with van der Waals surface area (Å²) in [4.78, 5) is 22.1. The first-order valence-corrected chi connectivity index (χ1v) is 6.27. The van der Waals surface area contributed by atoms with Crippen LogP contribution in [0.25, 0.3) is 0 Å². The van der Waals surface area contributed by atoms with Gasteiger partial charge >= 0.3 is 5.97 Å². The van der Waals surface area contributed by atoms with E-state index in [1.54, 1.807) is 0 Å². The second kappa shape index (κ2) is 7.49. The van der Waals surface area contributed by atoms with Crippen LogP contribution in [0.2, 0.25) is 0 Å². The fourth-order valence-corrected chi connectivity index (χ4v) is 1.57. The van der Waals surface area contributed by atoms with Gasteiger partial charge in [-0.2, -0.15) is 0 Å². The fourth-order valence-electron chi connectivity index (χ4n) is 1.57. The maximum atomic E-state index is 11.5. The maximum Gasteiger partial charge on any atom is 0.328 e. The van der Waals surface area contributed by atoms with Gasteiger partial charge in [-0.05, 0) is 31.0 Å². The van der Waals surface area contributed by atoms with Crippen LogP contribution in [-0.4, -0.2) is 41.3 Å². The first kappa shape index (κ1) is 16.0. The van der Waals surface area contributed by atoms with Gasteiger partial charge in [-0.15, -0.1) is 0 Å². The van der Waals surface area contributed by atoms with Crippen molar-refractivity contribution in [1.29, 1.82) is 0 Å². The molecule has 0 bridgehead atoms. The van der Waals surface area contributed by atoms with Crippen LogP contribution in [-0.2, 0) is 9.59 Å². The number of carboxylic acids is 1. The lowest BCUT2D eigenvalue weighted by molar-refractivity contribution is -0.143. The minimum atomic E-state index is -1.27. The Hall–Kier alpha value is -2.08. The molecule has 0 aliphatic heterocycles. The summed E-state index contributed by atoms with van der Waals surface area (Å²) in [6.07, 6.45) is 0.0250. The summed E-state index contributed by atoms with van der Waals surface area (Å²) in [6.45, 7) is 3.35. The summed E-state index contributed by atoms with van der Waals surface area (Å²) in [5.74, 6) is -1.04. The van der Waals surface area contributed by atoms with Gasteiger partial charge < -0.3 is 20.3 Å². The summed E-state index contributed by atoms with van der Waals surface area (Å²) < 4.78 is 5.49. The second-order valence-electron chi connectivity index (χ2n) is 4.51. The normalized spacial score (nSPS) is 11.8.